The van der Waals surface area contributed by atoms with E-state index in [1.165, 1.54) is 0 Å². The Kier molecular flexibility index (Phi) is 7.01. The number of aliphatic hydroxyl groups is 1. The monoisotopic (exact) mass is 297 g/mol. The van der Waals surface area contributed by atoms with Crippen molar-refractivity contribution in [2.45, 2.75) is 40.7 Å². The molecule has 0 fully saturated rings. The summed E-state index contributed by atoms with van der Waals surface area (Å²) in [6.45, 7) is 13.5. The van der Waals surface area contributed by atoms with Gasteiger partial charge in [0.2, 0.25) is 0 Å². The normalized spacial score (nSPS) is 13.5. The van der Waals surface area contributed by atoms with Gasteiger partial charge >= 0.3 is 0 Å². The van der Waals surface area contributed by atoms with Crippen LogP contribution in [0.1, 0.15) is 44.9 Å². The number of aliphatic hydroxyl groups excluding tert-OH is 1. The number of hydrogen-bond donors (Lipinski definition) is 1. The highest BCUT2D eigenvalue weighted by atomic mass is 35.5. The van der Waals surface area contributed by atoms with E-state index in [2.05, 4.69) is 32.6 Å². The molecular weight excluding hydrogens is 270 g/mol. The summed E-state index contributed by atoms with van der Waals surface area (Å²) in [5.41, 5.74) is 1.96. The third kappa shape index (κ3) is 5.82. The summed E-state index contributed by atoms with van der Waals surface area (Å²) in [5, 5.41) is 11.2. The summed E-state index contributed by atoms with van der Waals surface area (Å²) in [6, 6.07) is 5.77. The van der Waals surface area contributed by atoms with Gasteiger partial charge in [-0.2, -0.15) is 0 Å². The van der Waals surface area contributed by atoms with Crippen molar-refractivity contribution in [2.24, 2.45) is 11.8 Å². The number of aryl methyl sites for hydroxylation is 1. The van der Waals surface area contributed by atoms with Crippen LogP contribution in [0.5, 0.6) is 0 Å². The molecule has 3 heteroatoms. The summed E-state index contributed by atoms with van der Waals surface area (Å²) in [7, 11) is 0. The lowest BCUT2D eigenvalue weighted by Crippen LogP contribution is -2.35. The quantitative estimate of drug-likeness (QED) is 0.811. The van der Waals surface area contributed by atoms with E-state index >= 15 is 0 Å². The molecule has 0 aliphatic carbocycles. The average Bonchev–Trinajstić information content (AvgIpc) is 2.30. The summed E-state index contributed by atoms with van der Waals surface area (Å²) in [6.07, 6.45) is -0.455. The van der Waals surface area contributed by atoms with Crippen LogP contribution < -0.4 is 0 Å². The Hall–Kier alpha value is -0.570. The summed E-state index contributed by atoms with van der Waals surface area (Å²) in [4.78, 5) is 2.35. The van der Waals surface area contributed by atoms with Gasteiger partial charge in [0, 0.05) is 24.7 Å². The summed E-state index contributed by atoms with van der Waals surface area (Å²) in [5.74, 6) is 1.21. The predicted molar refractivity (Wildman–Crippen MR) is 87.3 cm³/mol. The molecule has 1 N–H and O–H groups in total. The van der Waals surface area contributed by atoms with Crippen LogP contribution in [0.4, 0.5) is 0 Å². The van der Waals surface area contributed by atoms with Gasteiger partial charge in [0.1, 0.15) is 0 Å². The Bertz CT molecular complexity index is 407. The van der Waals surface area contributed by atoms with Gasteiger partial charge in [-0.25, -0.2) is 0 Å². The zero-order valence-corrected chi connectivity index (χ0v) is 14.1. The SMILES string of the molecule is Cc1cc(C(O)CN(CC(C)C)CC(C)C)ccc1Cl. The van der Waals surface area contributed by atoms with E-state index in [9.17, 15) is 5.11 Å². The van der Waals surface area contributed by atoms with E-state index in [1.807, 2.05) is 25.1 Å². The van der Waals surface area contributed by atoms with Crippen molar-refractivity contribution in [1.29, 1.82) is 0 Å². The Morgan fingerprint density at radius 1 is 1.05 bits per heavy atom. The molecule has 0 amide bonds. The lowest BCUT2D eigenvalue weighted by Gasteiger charge is -2.28. The molecule has 0 spiro atoms. The second kappa shape index (κ2) is 8.02. The molecule has 114 valence electrons. The third-order valence-electron chi connectivity index (χ3n) is 3.24. The maximum Gasteiger partial charge on any atom is 0.0917 e. The molecule has 1 aromatic rings. The average molecular weight is 298 g/mol. The Morgan fingerprint density at radius 3 is 2.05 bits per heavy atom. The Morgan fingerprint density at radius 2 is 1.60 bits per heavy atom. The van der Waals surface area contributed by atoms with E-state index in [0.29, 0.717) is 18.4 Å². The van der Waals surface area contributed by atoms with Gasteiger partial charge in [-0.15, -0.1) is 0 Å². The Labute approximate surface area is 128 Å². The highest BCUT2D eigenvalue weighted by molar-refractivity contribution is 6.31. The first kappa shape index (κ1) is 17.5. The van der Waals surface area contributed by atoms with Crippen molar-refractivity contribution >= 4 is 11.6 Å². The highest BCUT2D eigenvalue weighted by Crippen LogP contribution is 2.22. The van der Waals surface area contributed by atoms with Gasteiger partial charge in [-0.3, -0.25) is 4.90 Å². The molecule has 2 nitrogen and oxygen atoms in total. The van der Waals surface area contributed by atoms with Crippen molar-refractivity contribution in [1.82, 2.24) is 4.90 Å². The number of hydrogen-bond acceptors (Lipinski definition) is 2. The maximum absolute atomic E-state index is 10.4. The summed E-state index contributed by atoms with van der Waals surface area (Å²) < 4.78 is 0. The molecule has 0 bridgehead atoms. The molecule has 0 radical (unpaired) electrons. The molecule has 1 aromatic carbocycles. The van der Waals surface area contributed by atoms with Gasteiger partial charge in [0.05, 0.1) is 6.10 Å². The number of rotatable bonds is 7. The van der Waals surface area contributed by atoms with Crippen LogP contribution in [0.25, 0.3) is 0 Å². The van der Waals surface area contributed by atoms with Crippen molar-refractivity contribution in [3.63, 3.8) is 0 Å². The molecule has 1 rings (SSSR count). The van der Waals surface area contributed by atoms with Crippen LogP contribution in [0.3, 0.4) is 0 Å². The molecule has 1 atom stereocenters. The molecule has 0 aliphatic heterocycles. The zero-order valence-electron chi connectivity index (χ0n) is 13.4. The largest absolute Gasteiger partial charge is 0.387 e. The molecular formula is C17H28ClNO. The number of halogens is 1. The molecule has 0 aromatic heterocycles. The number of benzene rings is 1. The van der Waals surface area contributed by atoms with Crippen molar-refractivity contribution < 1.29 is 5.11 Å². The predicted octanol–water partition coefficient (Wildman–Crippen LogP) is 4.30. The van der Waals surface area contributed by atoms with Crippen LogP contribution in [0.2, 0.25) is 5.02 Å². The second-order valence-corrected chi connectivity index (χ2v) is 6.94. The van der Waals surface area contributed by atoms with Gasteiger partial charge in [-0.1, -0.05) is 51.4 Å². The minimum Gasteiger partial charge on any atom is -0.387 e. The van der Waals surface area contributed by atoms with Gasteiger partial charge < -0.3 is 5.11 Å². The third-order valence-corrected chi connectivity index (χ3v) is 3.67. The molecule has 0 saturated carbocycles. The topological polar surface area (TPSA) is 23.5 Å². The molecule has 20 heavy (non-hydrogen) atoms. The van der Waals surface area contributed by atoms with Crippen molar-refractivity contribution in [2.75, 3.05) is 19.6 Å². The van der Waals surface area contributed by atoms with E-state index in [-0.39, 0.29) is 0 Å². The standard InChI is InChI=1S/C17H28ClNO/c1-12(2)9-19(10-13(3)4)11-17(20)15-6-7-16(18)14(5)8-15/h6-8,12-13,17,20H,9-11H2,1-5H3. The first-order valence-electron chi connectivity index (χ1n) is 7.46. The lowest BCUT2D eigenvalue weighted by molar-refractivity contribution is 0.0986. The molecule has 0 aliphatic rings. The zero-order chi connectivity index (χ0) is 15.3. The van der Waals surface area contributed by atoms with E-state index in [1.54, 1.807) is 0 Å². The fourth-order valence-electron chi connectivity index (χ4n) is 2.48. The van der Waals surface area contributed by atoms with Crippen LogP contribution >= 0.6 is 11.6 Å². The van der Waals surface area contributed by atoms with E-state index in [0.717, 1.165) is 29.2 Å². The van der Waals surface area contributed by atoms with Crippen LogP contribution in [-0.2, 0) is 0 Å². The first-order valence-corrected chi connectivity index (χ1v) is 7.83. The first-order chi connectivity index (χ1) is 9.29. The lowest BCUT2D eigenvalue weighted by atomic mass is 10.0. The summed E-state index contributed by atoms with van der Waals surface area (Å²) >= 11 is 6.04. The van der Waals surface area contributed by atoms with E-state index < -0.39 is 6.10 Å². The smallest absolute Gasteiger partial charge is 0.0917 e. The molecule has 0 saturated heterocycles. The van der Waals surface area contributed by atoms with Crippen LogP contribution in [0, 0.1) is 18.8 Å². The highest BCUT2D eigenvalue weighted by Gasteiger charge is 2.16. The maximum atomic E-state index is 10.4. The second-order valence-electron chi connectivity index (χ2n) is 6.53. The van der Waals surface area contributed by atoms with Gasteiger partial charge in [0.15, 0.2) is 0 Å². The minimum atomic E-state index is -0.455. The van der Waals surface area contributed by atoms with Crippen LogP contribution in [0.15, 0.2) is 18.2 Å². The van der Waals surface area contributed by atoms with Crippen molar-refractivity contribution in [3.05, 3.63) is 34.3 Å². The Balaban J connectivity index is 2.73. The molecule has 1 unspecified atom stereocenters. The fraction of sp³-hybridized carbons (Fsp3) is 0.647. The van der Waals surface area contributed by atoms with Crippen molar-refractivity contribution in [3.8, 4) is 0 Å². The van der Waals surface area contributed by atoms with Gasteiger partial charge in [0.25, 0.3) is 0 Å². The number of nitrogens with zero attached hydrogens (tertiary/aromatic N) is 1. The fourth-order valence-corrected chi connectivity index (χ4v) is 2.60. The van der Waals surface area contributed by atoms with Gasteiger partial charge in [-0.05, 0) is 36.0 Å². The minimum absolute atomic E-state index is 0.455. The van der Waals surface area contributed by atoms with E-state index in [4.69, 9.17) is 11.6 Å². The molecule has 0 heterocycles. The van der Waals surface area contributed by atoms with Crippen LogP contribution in [-0.4, -0.2) is 29.6 Å².